The zero-order valence-electron chi connectivity index (χ0n) is 12.3. The molecule has 114 valence electrons. The lowest BCUT2D eigenvalue weighted by Crippen LogP contribution is -2.33. The van der Waals surface area contributed by atoms with Gasteiger partial charge in [-0.25, -0.2) is 8.42 Å². The Balaban J connectivity index is 2.94. The van der Waals surface area contributed by atoms with Gasteiger partial charge < -0.3 is 0 Å². The van der Waals surface area contributed by atoms with Crippen LogP contribution < -0.4 is 0 Å². The number of rotatable bonds is 9. The molecule has 0 aromatic heterocycles. The Morgan fingerprint density at radius 2 is 1.50 bits per heavy atom. The SMILES string of the molecule is CCCCN(CCCC)S(=O)(=O)c1ccc(CCl)cc1. The predicted octanol–water partition coefficient (Wildman–Crippen LogP) is 4.02. The largest absolute Gasteiger partial charge is 0.243 e. The van der Waals surface area contributed by atoms with E-state index in [0.29, 0.717) is 23.9 Å². The molecular formula is C15H24ClNO2S. The molecule has 0 aliphatic heterocycles. The monoisotopic (exact) mass is 317 g/mol. The first-order chi connectivity index (χ1) is 9.56. The van der Waals surface area contributed by atoms with Crippen molar-refractivity contribution in [1.29, 1.82) is 0 Å². The molecule has 0 fully saturated rings. The third kappa shape index (κ3) is 4.76. The van der Waals surface area contributed by atoms with Crippen LogP contribution in [0.15, 0.2) is 29.2 Å². The summed E-state index contributed by atoms with van der Waals surface area (Å²) >= 11 is 5.73. The Morgan fingerprint density at radius 1 is 1.00 bits per heavy atom. The summed E-state index contributed by atoms with van der Waals surface area (Å²) in [5.41, 5.74) is 0.930. The summed E-state index contributed by atoms with van der Waals surface area (Å²) in [5, 5.41) is 0. The minimum atomic E-state index is -3.38. The molecule has 3 nitrogen and oxygen atoms in total. The Bertz CT molecular complexity index is 477. The molecule has 1 rings (SSSR count). The van der Waals surface area contributed by atoms with Crippen LogP contribution >= 0.6 is 11.6 Å². The van der Waals surface area contributed by atoms with Crippen LogP contribution in [-0.4, -0.2) is 25.8 Å². The van der Waals surface area contributed by atoms with E-state index in [1.54, 1.807) is 28.6 Å². The fraction of sp³-hybridized carbons (Fsp3) is 0.600. The first-order valence-corrected chi connectivity index (χ1v) is 9.18. The summed E-state index contributed by atoms with van der Waals surface area (Å²) in [6.45, 7) is 5.33. The van der Waals surface area contributed by atoms with E-state index in [4.69, 9.17) is 11.6 Å². The standard InChI is InChI=1S/C15H24ClNO2S/c1-3-5-11-17(12-6-4-2)20(18,19)15-9-7-14(13-16)8-10-15/h7-10H,3-6,11-13H2,1-2H3. The number of unbranched alkanes of at least 4 members (excludes halogenated alkanes) is 2. The topological polar surface area (TPSA) is 37.4 Å². The molecule has 0 bridgehead atoms. The molecule has 0 heterocycles. The number of benzene rings is 1. The van der Waals surface area contributed by atoms with Crippen molar-refractivity contribution in [3.8, 4) is 0 Å². The quantitative estimate of drug-likeness (QED) is 0.645. The molecule has 0 unspecified atom stereocenters. The Labute approximate surface area is 128 Å². The van der Waals surface area contributed by atoms with Gasteiger partial charge >= 0.3 is 0 Å². The lowest BCUT2D eigenvalue weighted by atomic mass is 10.2. The number of halogens is 1. The Kier molecular flexibility index (Phi) is 7.56. The van der Waals surface area contributed by atoms with E-state index >= 15 is 0 Å². The Morgan fingerprint density at radius 3 is 1.90 bits per heavy atom. The van der Waals surface area contributed by atoms with E-state index in [-0.39, 0.29) is 0 Å². The van der Waals surface area contributed by atoms with E-state index in [2.05, 4.69) is 13.8 Å². The highest BCUT2D eigenvalue weighted by Crippen LogP contribution is 2.18. The van der Waals surface area contributed by atoms with Crippen LogP contribution in [0.25, 0.3) is 0 Å². The molecule has 0 N–H and O–H groups in total. The van der Waals surface area contributed by atoms with Crippen molar-refractivity contribution in [2.45, 2.75) is 50.3 Å². The van der Waals surface area contributed by atoms with Crippen molar-refractivity contribution in [2.75, 3.05) is 13.1 Å². The molecule has 20 heavy (non-hydrogen) atoms. The van der Waals surface area contributed by atoms with Gasteiger partial charge in [-0.05, 0) is 30.5 Å². The first-order valence-electron chi connectivity index (χ1n) is 7.21. The van der Waals surface area contributed by atoms with Crippen molar-refractivity contribution < 1.29 is 8.42 Å². The smallest absolute Gasteiger partial charge is 0.207 e. The summed E-state index contributed by atoms with van der Waals surface area (Å²) in [7, 11) is -3.38. The second-order valence-electron chi connectivity index (χ2n) is 4.89. The van der Waals surface area contributed by atoms with E-state index in [1.165, 1.54) is 0 Å². The molecule has 0 aliphatic rings. The highest BCUT2D eigenvalue weighted by Gasteiger charge is 2.23. The first kappa shape index (κ1) is 17.5. The van der Waals surface area contributed by atoms with Gasteiger partial charge in [-0.2, -0.15) is 4.31 Å². The van der Waals surface area contributed by atoms with Crippen LogP contribution in [-0.2, 0) is 15.9 Å². The van der Waals surface area contributed by atoms with Crippen LogP contribution in [0.4, 0.5) is 0 Å². The van der Waals surface area contributed by atoms with Crippen LogP contribution in [0.3, 0.4) is 0 Å². The molecule has 0 spiro atoms. The number of hydrogen-bond donors (Lipinski definition) is 0. The molecule has 0 amide bonds. The summed E-state index contributed by atoms with van der Waals surface area (Å²) in [6, 6.07) is 6.85. The second kappa shape index (κ2) is 8.65. The van der Waals surface area contributed by atoms with Gasteiger partial charge in [-0.1, -0.05) is 38.8 Å². The van der Waals surface area contributed by atoms with E-state index in [9.17, 15) is 8.42 Å². The lowest BCUT2D eigenvalue weighted by Gasteiger charge is -2.22. The van der Waals surface area contributed by atoms with Crippen molar-refractivity contribution in [3.05, 3.63) is 29.8 Å². The van der Waals surface area contributed by atoms with Crippen LogP contribution in [0.5, 0.6) is 0 Å². The van der Waals surface area contributed by atoms with E-state index in [1.807, 2.05) is 0 Å². The third-order valence-electron chi connectivity index (χ3n) is 3.24. The summed E-state index contributed by atoms with van der Waals surface area (Å²) in [5.74, 6) is 0.399. The predicted molar refractivity (Wildman–Crippen MR) is 84.6 cm³/mol. The average Bonchev–Trinajstić information content (AvgIpc) is 2.47. The van der Waals surface area contributed by atoms with Gasteiger partial charge in [0, 0.05) is 19.0 Å². The maximum Gasteiger partial charge on any atom is 0.243 e. The van der Waals surface area contributed by atoms with Crippen LogP contribution in [0.1, 0.15) is 45.1 Å². The fourth-order valence-corrected chi connectivity index (χ4v) is 3.62. The lowest BCUT2D eigenvalue weighted by molar-refractivity contribution is 0.395. The van der Waals surface area contributed by atoms with Gasteiger partial charge in [0.1, 0.15) is 0 Å². The van der Waals surface area contributed by atoms with Crippen molar-refractivity contribution in [2.24, 2.45) is 0 Å². The Hall–Kier alpha value is -0.580. The number of hydrogen-bond acceptors (Lipinski definition) is 2. The second-order valence-corrected chi connectivity index (χ2v) is 7.09. The number of alkyl halides is 1. The van der Waals surface area contributed by atoms with Gasteiger partial charge in [-0.15, -0.1) is 11.6 Å². The average molecular weight is 318 g/mol. The maximum atomic E-state index is 12.6. The summed E-state index contributed by atoms with van der Waals surface area (Å²) in [4.78, 5) is 0.360. The van der Waals surface area contributed by atoms with Gasteiger partial charge in [0.15, 0.2) is 0 Å². The summed E-state index contributed by atoms with van der Waals surface area (Å²) < 4.78 is 26.9. The van der Waals surface area contributed by atoms with Crippen molar-refractivity contribution >= 4 is 21.6 Å². The van der Waals surface area contributed by atoms with Crippen LogP contribution in [0.2, 0.25) is 0 Å². The molecule has 0 aliphatic carbocycles. The fourth-order valence-electron chi connectivity index (χ4n) is 1.92. The normalized spacial score (nSPS) is 12.0. The van der Waals surface area contributed by atoms with Crippen molar-refractivity contribution in [1.82, 2.24) is 4.31 Å². The van der Waals surface area contributed by atoms with E-state index in [0.717, 1.165) is 31.2 Å². The minimum Gasteiger partial charge on any atom is -0.207 e. The van der Waals surface area contributed by atoms with Crippen LogP contribution in [0, 0.1) is 0 Å². The molecule has 5 heteroatoms. The van der Waals surface area contributed by atoms with E-state index < -0.39 is 10.0 Å². The van der Waals surface area contributed by atoms with Gasteiger partial charge in [0.05, 0.1) is 4.90 Å². The zero-order valence-corrected chi connectivity index (χ0v) is 13.9. The molecule has 0 atom stereocenters. The maximum absolute atomic E-state index is 12.6. The molecule has 0 saturated carbocycles. The van der Waals surface area contributed by atoms with Gasteiger partial charge in [0.2, 0.25) is 10.0 Å². The van der Waals surface area contributed by atoms with Crippen molar-refractivity contribution in [3.63, 3.8) is 0 Å². The summed E-state index contributed by atoms with van der Waals surface area (Å²) in [6.07, 6.45) is 3.76. The molecule has 0 radical (unpaired) electrons. The van der Waals surface area contributed by atoms with Gasteiger partial charge in [-0.3, -0.25) is 0 Å². The molecule has 1 aromatic carbocycles. The highest BCUT2D eigenvalue weighted by molar-refractivity contribution is 7.89. The molecule has 1 aromatic rings. The highest BCUT2D eigenvalue weighted by atomic mass is 35.5. The molecular weight excluding hydrogens is 294 g/mol. The number of nitrogens with zero attached hydrogens (tertiary/aromatic N) is 1. The molecule has 0 saturated heterocycles. The zero-order chi connectivity index (χ0) is 15.0. The van der Waals surface area contributed by atoms with Gasteiger partial charge in [0.25, 0.3) is 0 Å². The number of sulfonamides is 1. The third-order valence-corrected chi connectivity index (χ3v) is 5.46. The minimum absolute atomic E-state index is 0.360.